The number of hydrogen-bond donors (Lipinski definition) is 1. The van der Waals surface area contributed by atoms with Crippen LogP contribution >= 0.6 is 0 Å². The van der Waals surface area contributed by atoms with Crippen molar-refractivity contribution in [3.8, 4) is 5.75 Å². The predicted octanol–water partition coefficient (Wildman–Crippen LogP) is 3.26. The second-order valence-corrected chi connectivity index (χ2v) is 9.11. The Hall–Kier alpha value is -2.54. The van der Waals surface area contributed by atoms with E-state index in [1.54, 1.807) is 24.3 Å². The molecule has 1 N–H and O–H groups in total. The maximum Gasteiger partial charge on any atom is 0.258 e. The topological polar surface area (TPSA) is 75.7 Å². The van der Waals surface area contributed by atoms with Crippen molar-refractivity contribution in [1.82, 2.24) is 5.32 Å². The quantitative estimate of drug-likeness (QED) is 0.769. The Labute approximate surface area is 167 Å². The van der Waals surface area contributed by atoms with Crippen LogP contribution in [0.1, 0.15) is 35.2 Å². The standard InChI is InChI=1S/C21H28N2O4S/c1-14-11-16(3)20(12-15(14)2)17(4)22-21(24)13-27-19-9-7-18(8-10-19)23(5)28(6,25)26/h7-12,17H,13H2,1-6H3,(H,22,24). The molecule has 7 heteroatoms. The van der Waals surface area contributed by atoms with Gasteiger partial charge in [0.1, 0.15) is 5.75 Å². The molecule has 152 valence electrons. The van der Waals surface area contributed by atoms with Gasteiger partial charge in [-0.25, -0.2) is 8.42 Å². The van der Waals surface area contributed by atoms with Gasteiger partial charge < -0.3 is 10.1 Å². The van der Waals surface area contributed by atoms with Gasteiger partial charge >= 0.3 is 0 Å². The zero-order valence-corrected chi connectivity index (χ0v) is 18.1. The van der Waals surface area contributed by atoms with E-state index < -0.39 is 10.0 Å². The number of rotatable bonds is 7. The molecule has 0 aliphatic rings. The summed E-state index contributed by atoms with van der Waals surface area (Å²) in [6, 6.07) is 10.7. The van der Waals surface area contributed by atoms with Gasteiger partial charge in [-0.15, -0.1) is 0 Å². The number of ether oxygens (including phenoxy) is 1. The molecule has 0 aliphatic carbocycles. The lowest BCUT2D eigenvalue weighted by Crippen LogP contribution is -2.31. The lowest BCUT2D eigenvalue weighted by Gasteiger charge is -2.19. The number of carbonyl (C=O) groups excluding carboxylic acids is 1. The van der Waals surface area contributed by atoms with E-state index in [-0.39, 0.29) is 18.6 Å². The summed E-state index contributed by atoms with van der Waals surface area (Å²) < 4.78 is 29.8. The van der Waals surface area contributed by atoms with Gasteiger partial charge in [-0.1, -0.05) is 12.1 Å². The van der Waals surface area contributed by atoms with Crippen LogP contribution in [-0.2, 0) is 14.8 Å². The molecule has 28 heavy (non-hydrogen) atoms. The normalized spacial score (nSPS) is 12.4. The third-order valence-corrected chi connectivity index (χ3v) is 6.00. The fraction of sp³-hybridized carbons (Fsp3) is 0.381. The lowest BCUT2D eigenvalue weighted by atomic mass is 9.96. The molecule has 2 aromatic carbocycles. The summed E-state index contributed by atoms with van der Waals surface area (Å²) in [6.45, 7) is 8.00. The molecule has 1 amide bonds. The van der Waals surface area contributed by atoms with Crippen molar-refractivity contribution in [2.45, 2.75) is 33.7 Å². The minimum atomic E-state index is -3.32. The van der Waals surface area contributed by atoms with Gasteiger partial charge in [-0.3, -0.25) is 9.10 Å². The van der Waals surface area contributed by atoms with E-state index in [9.17, 15) is 13.2 Å². The van der Waals surface area contributed by atoms with Crippen molar-refractivity contribution in [2.75, 3.05) is 24.2 Å². The van der Waals surface area contributed by atoms with Gasteiger partial charge in [0.15, 0.2) is 6.61 Å². The number of sulfonamides is 1. The maximum absolute atomic E-state index is 12.2. The maximum atomic E-state index is 12.2. The molecule has 0 saturated carbocycles. The number of hydrogen-bond acceptors (Lipinski definition) is 4. The molecule has 6 nitrogen and oxygen atoms in total. The van der Waals surface area contributed by atoms with E-state index in [4.69, 9.17) is 4.74 Å². The number of amides is 1. The second-order valence-electron chi connectivity index (χ2n) is 7.10. The average Bonchev–Trinajstić information content (AvgIpc) is 2.62. The number of nitrogens with one attached hydrogen (secondary N) is 1. The van der Waals surface area contributed by atoms with Crippen molar-refractivity contribution in [2.24, 2.45) is 0 Å². The van der Waals surface area contributed by atoms with Gasteiger partial charge in [-0.2, -0.15) is 0 Å². The Morgan fingerprint density at radius 1 is 1.07 bits per heavy atom. The Morgan fingerprint density at radius 3 is 2.21 bits per heavy atom. The Bertz CT molecular complexity index is 953. The molecule has 1 unspecified atom stereocenters. The average molecular weight is 405 g/mol. The monoisotopic (exact) mass is 404 g/mol. The van der Waals surface area contributed by atoms with Crippen LogP contribution in [0.3, 0.4) is 0 Å². The van der Waals surface area contributed by atoms with E-state index in [1.165, 1.54) is 22.5 Å². The third-order valence-electron chi connectivity index (χ3n) is 4.79. The number of nitrogens with zero attached hydrogens (tertiary/aromatic N) is 1. The molecule has 0 saturated heterocycles. The largest absolute Gasteiger partial charge is 0.484 e. The Balaban J connectivity index is 1.94. The van der Waals surface area contributed by atoms with E-state index in [0.29, 0.717) is 11.4 Å². The summed E-state index contributed by atoms with van der Waals surface area (Å²) in [6.07, 6.45) is 1.14. The van der Waals surface area contributed by atoms with Crippen LogP contribution < -0.4 is 14.4 Å². The van der Waals surface area contributed by atoms with Crippen LogP contribution in [0.2, 0.25) is 0 Å². The fourth-order valence-electron chi connectivity index (χ4n) is 2.90. The van der Waals surface area contributed by atoms with Crippen molar-refractivity contribution in [3.05, 3.63) is 58.7 Å². The van der Waals surface area contributed by atoms with Gasteiger partial charge in [0.25, 0.3) is 5.91 Å². The van der Waals surface area contributed by atoms with Crippen molar-refractivity contribution in [1.29, 1.82) is 0 Å². The first-order chi connectivity index (χ1) is 13.0. The molecular weight excluding hydrogens is 376 g/mol. The smallest absolute Gasteiger partial charge is 0.258 e. The third kappa shape index (κ3) is 5.48. The first-order valence-corrected chi connectivity index (χ1v) is 10.9. The molecule has 0 radical (unpaired) electrons. The summed E-state index contributed by atoms with van der Waals surface area (Å²) in [7, 11) is -1.83. The molecule has 0 aliphatic heterocycles. The molecule has 0 spiro atoms. The SMILES string of the molecule is Cc1cc(C)c(C(C)NC(=O)COc2ccc(N(C)S(C)(=O)=O)cc2)cc1C. The molecule has 0 bridgehead atoms. The van der Waals surface area contributed by atoms with Crippen LogP contribution in [0.5, 0.6) is 5.75 Å². The summed E-state index contributed by atoms with van der Waals surface area (Å²) in [5.74, 6) is 0.276. The summed E-state index contributed by atoms with van der Waals surface area (Å²) in [4.78, 5) is 12.2. The number of aryl methyl sites for hydroxylation is 3. The first-order valence-electron chi connectivity index (χ1n) is 9.03. The Morgan fingerprint density at radius 2 is 1.64 bits per heavy atom. The zero-order valence-electron chi connectivity index (χ0n) is 17.2. The van der Waals surface area contributed by atoms with E-state index in [2.05, 4.69) is 31.3 Å². The van der Waals surface area contributed by atoms with Gasteiger partial charge in [0, 0.05) is 7.05 Å². The van der Waals surface area contributed by atoms with Crippen molar-refractivity contribution in [3.63, 3.8) is 0 Å². The minimum Gasteiger partial charge on any atom is -0.484 e. The second kappa shape index (κ2) is 8.65. The van der Waals surface area contributed by atoms with Crippen molar-refractivity contribution < 1.29 is 17.9 Å². The van der Waals surface area contributed by atoms with E-state index >= 15 is 0 Å². The lowest BCUT2D eigenvalue weighted by molar-refractivity contribution is -0.123. The molecular formula is C21H28N2O4S. The summed E-state index contributed by atoms with van der Waals surface area (Å²) in [5.41, 5.74) is 5.18. The molecule has 2 rings (SSSR count). The zero-order chi connectivity index (χ0) is 21.1. The number of benzene rings is 2. The van der Waals surface area contributed by atoms with Crippen LogP contribution in [-0.4, -0.2) is 34.2 Å². The molecule has 0 aromatic heterocycles. The minimum absolute atomic E-state index is 0.116. The van der Waals surface area contributed by atoms with E-state index in [0.717, 1.165) is 17.4 Å². The van der Waals surface area contributed by atoms with E-state index in [1.807, 2.05) is 13.8 Å². The van der Waals surface area contributed by atoms with Crippen LogP contribution in [0.15, 0.2) is 36.4 Å². The molecule has 1 atom stereocenters. The highest BCUT2D eigenvalue weighted by Gasteiger charge is 2.14. The van der Waals surface area contributed by atoms with Crippen molar-refractivity contribution >= 4 is 21.6 Å². The fourth-order valence-corrected chi connectivity index (χ4v) is 3.41. The highest BCUT2D eigenvalue weighted by atomic mass is 32.2. The van der Waals surface area contributed by atoms with Crippen LogP contribution in [0.4, 0.5) is 5.69 Å². The highest BCUT2D eigenvalue weighted by Crippen LogP contribution is 2.22. The molecule has 0 heterocycles. The van der Waals surface area contributed by atoms with Crippen LogP contribution in [0.25, 0.3) is 0 Å². The highest BCUT2D eigenvalue weighted by molar-refractivity contribution is 7.92. The molecule has 2 aromatic rings. The van der Waals surface area contributed by atoms with Gasteiger partial charge in [0.2, 0.25) is 10.0 Å². The summed E-state index contributed by atoms with van der Waals surface area (Å²) in [5, 5.41) is 2.95. The first kappa shape index (κ1) is 21.8. The van der Waals surface area contributed by atoms with Gasteiger partial charge in [-0.05, 0) is 74.2 Å². The molecule has 0 fully saturated rings. The van der Waals surface area contributed by atoms with Crippen LogP contribution in [0, 0.1) is 20.8 Å². The number of anilines is 1. The summed E-state index contributed by atoms with van der Waals surface area (Å²) >= 11 is 0. The predicted molar refractivity (Wildman–Crippen MR) is 112 cm³/mol. The van der Waals surface area contributed by atoms with Gasteiger partial charge in [0.05, 0.1) is 18.0 Å². The number of carbonyl (C=O) groups is 1. The Kier molecular flexibility index (Phi) is 6.72.